The van der Waals surface area contributed by atoms with Crippen molar-refractivity contribution >= 4 is 28.7 Å². The zero-order valence-corrected chi connectivity index (χ0v) is 15.3. The highest BCUT2D eigenvalue weighted by Crippen LogP contribution is 2.41. The smallest absolute Gasteiger partial charge is 0.325 e. The molecule has 1 N–H and O–H groups in total. The van der Waals surface area contributed by atoms with Crippen molar-refractivity contribution in [2.75, 3.05) is 6.54 Å². The van der Waals surface area contributed by atoms with Gasteiger partial charge in [0.1, 0.15) is 11.1 Å². The second-order valence-corrected chi connectivity index (χ2v) is 7.36. The maximum Gasteiger partial charge on any atom is 0.325 e. The lowest BCUT2D eigenvalue weighted by molar-refractivity contribution is -0.131. The third kappa shape index (κ3) is 2.17. The molecule has 0 bridgehead atoms. The van der Waals surface area contributed by atoms with E-state index in [1.807, 2.05) is 42.5 Å². The van der Waals surface area contributed by atoms with Gasteiger partial charge in [-0.3, -0.25) is 14.5 Å². The van der Waals surface area contributed by atoms with Gasteiger partial charge in [-0.05, 0) is 37.0 Å². The van der Waals surface area contributed by atoms with Crippen molar-refractivity contribution in [3.05, 3.63) is 71.0 Å². The van der Waals surface area contributed by atoms with Gasteiger partial charge < -0.3 is 9.73 Å². The molecule has 0 saturated carbocycles. The van der Waals surface area contributed by atoms with Gasteiger partial charge in [-0.15, -0.1) is 0 Å². The molecular weight excluding hydrogens is 356 g/mol. The largest absolute Gasteiger partial charge is 0.453 e. The molecule has 2 aliphatic rings. The minimum Gasteiger partial charge on any atom is -0.453 e. The van der Waals surface area contributed by atoms with Crippen molar-refractivity contribution in [2.45, 2.75) is 25.3 Å². The number of carbonyl (C=O) groups excluding carboxylic acids is 3. The van der Waals surface area contributed by atoms with Crippen LogP contribution in [-0.4, -0.2) is 29.2 Å². The number of fused-ring (bicyclic) bond motifs is 3. The number of nitrogens with zero attached hydrogens (tertiary/aromatic N) is 1. The first-order valence-corrected chi connectivity index (χ1v) is 9.25. The summed E-state index contributed by atoms with van der Waals surface area (Å²) in [5, 5.41) is 3.69. The fraction of sp³-hybridized carbons (Fsp3) is 0.227. The number of hydrogen-bond acceptors (Lipinski definition) is 4. The highest BCUT2D eigenvalue weighted by Gasteiger charge is 2.55. The summed E-state index contributed by atoms with van der Waals surface area (Å²) in [6, 6.07) is 14.5. The van der Waals surface area contributed by atoms with Gasteiger partial charge in [-0.1, -0.05) is 42.5 Å². The van der Waals surface area contributed by atoms with E-state index in [0.29, 0.717) is 24.0 Å². The van der Waals surface area contributed by atoms with Crippen LogP contribution in [0.5, 0.6) is 0 Å². The van der Waals surface area contributed by atoms with Crippen LogP contribution in [0.15, 0.2) is 52.9 Å². The summed E-state index contributed by atoms with van der Waals surface area (Å²) in [6.07, 6.45) is 1.22. The number of aryl methyl sites for hydroxylation is 2. The van der Waals surface area contributed by atoms with Gasteiger partial charge in [0, 0.05) is 10.9 Å². The van der Waals surface area contributed by atoms with Crippen molar-refractivity contribution in [3.8, 4) is 0 Å². The molecule has 1 fully saturated rings. The van der Waals surface area contributed by atoms with Gasteiger partial charge in [0.25, 0.3) is 5.91 Å². The maximum absolute atomic E-state index is 13.2. The van der Waals surface area contributed by atoms with Crippen LogP contribution in [-0.2, 0) is 16.8 Å². The Hall–Kier alpha value is -3.41. The highest BCUT2D eigenvalue weighted by molar-refractivity contribution is 6.12. The number of hydrogen-bond donors (Lipinski definition) is 1. The summed E-state index contributed by atoms with van der Waals surface area (Å²) < 4.78 is 5.70. The molecule has 2 aromatic carbocycles. The number of urea groups is 1. The van der Waals surface area contributed by atoms with E-state index in [1.54, 1.807) is 13.0 Å². The molecule has 1 saturated heterocycles. The lowest BCUT2D eigenvalue weighted by atomic mass is 9.92. The molecular formula is C22H18N2O4. The number of amides is 3. The van der Waals surface area contributed by atoms with E-state index in [0.717, 1.165) is 21.4 Å². The third-order valence-electron chi connectivity index (χ3n) is 5.82. The Labute approximate surface area is 161 Å². The predicted octanol–water partition coefficient (Wildman–Crippen LogP) is 3.32. The standard InChI is InChI=1S/C22H18N2O4/c1-13-15-7-3-5-9-18(15)28-19(13)17(25)12-24-20(26)22(23-21(24)27)11-10-14-6-2-4-8-16(14)22/h2-9H,10-12H2,1H3,(H,23,27)/t22-/m1/s1. The highest BCUT2D eigenvalue weighted by atomic mass is 16.3. The first kappa shape index (κ1) is 16.7. The van der Waals surface area contributed by atoms with Gasteiger partial charge in [0.2, 0.25) is 5.78 Å². The van der Waals surface area contributed by atoms with Gasteiger partial charge in [0.15, 0.2) is 5.76 Å². The molecule has 140 valence electrons. The number of nitrogens with one attached hydrogen (secondary N) is 1. The van der Waals surface area contributed by atoms with Gasteiger partial charge in [-0.2, -0.15) is 0 Å². The predicted molar refractivity (Wildman–Crippen MR) is 102 cm³/mol. The Bertz CT molecular complexity index is 1160. The molecule has 1 spiro atoms. The number of para-hydroxylation sites is 1. The summed E-state index contributed by atoms with van der Waals surface area (Å²) in [5.41, 5.74) is 2.15. The molecule has 3 amide bonds. The van der Waals surface area contributed by atoms with Crippen molar-refractivity contribution in [1.82, 2.24) is 10.2 Å². The van der Waals surface area contributed by atoms with Crippen molar-refractivity contribution < 1.29 is 18.8 Å². The van der Waals surface area contributed by atoms with E-state index in [1.165, 1.54) is 0 Å². The molecule has 28 heavy (non-hydrogen) atoms. The minimum atomic E-state index is -1.06. The van der Waals surface area contributed by atoms with Gasteiger partial charge >= 0.3 is 6.03 Å². The van der Waals surface area contributed by atoms with Gasteiger partial charge in [0.05, 0.1) is 6.54 Å². The maximum atomic E-state index is 13.2. The molecule has 3 aromatic rings. The van der Waals surface area contributed by atoms with Crippen molar-refractivity contribution in [2.24, 2.45) is 0 Å². The summed E-state index contributed by atoms with van der Waals surface area (Å²) in [6.45, 7) is 1.47. The van der Waals surface area contributed by atoms with E-state index in [9.17, 15) is 14.4 Å². The Morgan fingerprint density at radius 3 is 2.71 bits per heavy atom. The molecule has 1 atom stereocenters. The lowest BCUT2D eigenvalue weighted by Crippen LogP contribution is -2.42. The van der Waals surface area contributed by atoms with Gasteiger partial charge in [-0.25, -0.2) is 4.79 Å². The normalized spacial score (nSPS) is 20.8. The second-order valence-electron chi connectivity index (χ2n) is 7.36. The fourth-order valence-corrected chi connectivity index (χ4v) is 4.39. The van der Waals surface area contributed by atoms with Crippen LogP contribution < -0.4 is 5.32 Å². The quantitative estimate of drug-likeness (QED) is 0.563. The van der Waals surface area contributed by atoms with Crippen LogP contribution in [0.3, 0.4) is 0 Å². The molecule has 5 rings (SSSR count). The average molecular weight is 374 g/mol. The number of rotatable bonds is 3. The zero-order chi connectivity index (χ0) is 19.5. The Morgan fingerprint density at radius 2 is 1.89 bits per heavy atom. The number of carbonyl (C=O) groups is 3. The third-order valence-corrected chi connectivity index (χ3v) is 5.82. The van der Waals surface area contributed by atoms with Crippen LogP contribution in [0.1, 0.15) is 33.7 Å². The Kier molecular flexibility index (Phi) is 3.46. The molecule has 6 heteroatoms. The molecule has 0 radical (unpaired) electrons. The fourth-order valence-electron chi connectivity index (χ4n) is 4.39. The summed E-state index contributed by atoms with van der Waals surface area (Å²) in [4.78, 5) is 39.7. The van der Waals surface area contributed by atoms with Crippen LogP contribution >= 0.6 is 0 Å². The number of ketones is 1. The van der Waals surface area contributed by atoms with Crippen LogP contribution in [0.4, 0.5) is 4.79 Å². The molecule has 0 unspecified atom stereocenters. The van der Waals surface area contributed by atoms with Crippen LogP contribution in [0, 0.1) is 6.92 Å². The van der Waals surface area contributed by atoms with Crippen LogP contribution in [0.2, 0.25) is 0 Å². The molecule has 6 nitrogen and oxygen atoms in total. The van der Waals surface area contributed by atoms with Crippen molar-refractivity contribution in [3.63, 3.8) is 0 Å². The minimum absolute atomic E-state index is 0.189. The number of imide groups is 1. The molecule has 1 aliphatic carbocycles. The molecule has 2 heterocycles. The lowest BCUT2D eigenvalue weighted by Gasteiger charge is -2.22. The number of furan rings is 1. The number of benzene rings is 2. The Balaban J connectivity index is 1.46. The molecule has 1 aromatic heterocycles. The zero-order valence-electron chi connectivity index (χ0n) is 15.3. The summed E-state index contributed by atoms with van der Waals surface area (Å²) >= 11 is 0. The Morgan fingerprint density at radius 1 is 1.14 bits per heavy atom. The average Bonchev–Trinajstić information content (AvgIpc) is 3.32. The SMILES string of the molecule is Cc1c(C(=O)CN2C(=O)N[C@@]3(CCc4ccccc43)C2=O)oc2ccccc12. The van der Waals surface area contributed by atoms with E-state index >= 15 is 0 Å². The summed E-state index contributed by atoms with van der Waals surface area (Å²) in [5.74, 6) is -0.570. The monoisotopic (exact) mass is 374 g/mol. The second kappa shape index (κ2) is 5.79. The van der Waals surface area contributed by atoms with E-state index < -0.39 is 11.6 Å². The van der Waals surface area contributed by atoms with Crippen molar-refractivity contribution in [1.29, 1.82) is 0 Å². The van der Waals surface area contributed by atoms with E-state index in [2.05, 4.69) is 5.32 Å². The summed E-state index contributed by atoms with van der Waals surface area (Å²) in [7, 11) is 0. The topological polar surface area (TPSA) is 79.6 Å². The first-order valence-electron chi connectivity index (χ1n) is 9.25. The first-order chi connectivity index (χ1) is 13.5. The number of Topliss-reactive ketones (excluding diaryl/α,β-unsaturated/α-hetero) is 1. The molecule has 1 aliphatic heterocycles. The van der Waals surface area contributed by atoms with Crippen LogP contribution in [0.25, 0.3) is 11.0 Å². The van der Waals surface area contributed by atoms with E-state index in [-0.39, 0.29) is 24.0 Å². The van der Waals surface area contributed by atoms with E-state index in [4.69, 9.17) is 4.42 Å².